The van der Waals surface area contributed by atoms with E-state index in [4.69, 9.17) is 9.84 Å². The molecule has 0 saturated heterocycles. The second kappa shape index (κ2) is 5.30. The molecule has 7 heteroatoms. The molecule has 104 valence electrons. The summed E-state index contributed by atoms with van der Waals surface area (Å²) in [5.74, 6) is -0.434. The number of pyridine rings is 1. The zero-order valence-electron chi connectivity index (χ0n) is 10.5. The van der Waals surface area contributed by atoms with Gasteiger partial charge in [0.25, 0.3) is 0 Å². The Morgan fingerprint density at radius 1 is 1.15 bits per heavy atom. The molecule has 0 radical (unpaired) electrons. The number of carbonyl (C=O) groups is 1. The fraction of sp³-hybridized carbons (Fsp3) is 0.0769. The fourth-order valence-electron chi connectivity index (χ4n) is 1.44. The Morgan fingerprint density at radius 2 is 1.80 bits per heavy atom. The van der Waals surface area contributed by atoms with Crippen molar-refractivity contribution in [2.45, 2.75) is 4.90 Å². The van der Waals surface area contributed by atoms with Crippen LogP contribution in [0.15, 0.2) is 47.5 Å². The molecular weight excluding hydrogens is 282 g/mol. The Kier molecular flexibility index (Phi) is 3.71. The normalized spacial score (nSPS) is 11.1. The number of benzene rings is 1. The van der Waals surface area contributed by atoms with E-state index in [0.717, 1.165) is 6.26 Å². The third-order valence-electron chi connectivity index (χ3n) is 2.46. The predicted octanol–water partition coefficient (Wildman–Crippen LogP) is 1.98. The molecule has 0 fully saturated rings. The van der Waals surface area contributed by atoms with E-state index in [1.807, 2.05) is 0 Å². The molecule has 0 amide bonds. The minimum atomic E-state index is -3.24. The summed E-state index contributed by atoms with van der Waals surface area (Å²) in [5.41, 5.74) is 0.0600. The van der Waals surface area contributed by atoms with Crippen LogP contribution in [-0.2, 0) is 9.84 Å². The molecule has 0 bridgehead atoms. The van der Waals surface area contributed by atoms with Crippen molar-refractivity contribution in [1.29, 1.82) is 0 Å². The molecule has 2 rings (SSSR count). The molecule has 0 aliphatic carbocycles. The average molecular weight is 293 g/mol. The van der Waals surface area contributed by atoms with Crippen molar-refractivity contribution in [2.24, 2.45) is 0 Å². The lowest BCUT2D eigenvalue weighted by atomic mass is 10.3. The van der Waals surface area contributed by atoms with Crippen LogP contribution in [0.2, 0.25) is 0 Å². The molecule has 0 aliphatic rings. The summed E-state index contributed by atoms with van der Waals surface area (Å²) >= 11 is 0. The maximum Gasteiger partial charge on any atom is 0.337 e. The highest BCUT2D eigenvalue weighted by atomic mass is 32.2. The van der Waals surface area contributed by atoms with Gasteiger partial charge in [0.15, 0.2) is 9.84 Å². The van der Waals surface area contributed by atoms with Gasteiger partial charge in [0.2, 0.25) is 5.88 Å². The molecule has 0 unspecified atom stereocenters. The molecule has 20 heavy (non-hydrogen) atoms. The van der Waals surface area contributed by atoms with Gasteiger partial charge in [0, 0.05) is 18.5 Å². The molecule has 0 atom stereocenters. The fourth-order valence-corrected chi connectivity index (χ4v) is 2.07. The first-order valence-corrected chi connectivity index (χ1v) is 7.43. The smallest absolute Gasteiger partial charge is 0.337 e. The van der Waals surface area contributed by atoms with Crippen molar-refractivity contribution >= 4 is 15.8 Å². The molecule has 0 saturated carbocycles. The third-order valence-corrected chi connectivity index (χ3v) is 3.59. The third kappa shape index (κ3) is 3.33. The first-order valence-electron chi connectivity index (χ1n) is 5.53. The van der Waals surface area contributed by atoms with E-state index in [0.29, 0.717) is 5.75 Å². The van der Waals surface area contributed by atoms with Crippen LogP contribution in [0.1, 0.15) is 10.4 Å². The number of nitrogens with zero attached hydrogens (tertiary/aromatic N) is 1. The van der Waals surface area contributed by atoms with Gasteiger partial charge in [0.1, 0.15) is 5.75 Å². The number of hydrogen-bond acceptors (Lipinski definition) is 5. The van der Waals surface area contributed by atoms with Gasteiger partial charge in [-0.05, 0) is 30.3 Å². The van der Waals surface area contributed by atoms with Crippen LogP contribution in [0.25, 0.3) is 0 Å². The Bertz CT molecular complexity index is 720. The van der Waals surface area contributed by atoms with Crippen molar-refractivity contribution in [2.75, 3.05) is 6.26 Å². The zero-order chi connectivity index (χ0) is 14.8. The number of ether oxygens (including phenoxy) is 1. The lowest BCUT2D eigenvalue weighted by Gasteiger charge is -2.05. The number of rotatable bonds is 4. The molecule has 0 spiro atoms. The minimum Gasteiger partial charge on any atom is -0.478 e. The van der Waals surface area contributed by atoms with Gasteiger partial charge < -0.3 is 9.84 Å². The number of aromatic nitrogens is 1. The number of hydrogen-bond donors (Lipinski definition) is 1. The van der Waals surface area contributed by atoms with E-state index < -0.39 is 15.8 Å². The Balaban J connectivity index is 2.16. The highest BCUT2D eigenvalue weighted by molar-refractivity contribution is 7.90. The lowest BCUT2D eigenvalue weighted by Crippen LogP contribution is -1.98. The monoisotopic (exact) mass is 293 g/mol. The maximum atomic E-state index is 11.3. The van der Waals surface area contributed by atoms with E-state index in [9.17, 15) is 13.2 Å². The van der Waals surface area contributed by atoms with Crippen molar-refractivity contribution in [3.05, 3.63) is 48.2 Å². The zero-order valence-corrected chi connectivity index (χ0v) is 11.3. The van der Waals surface area contributed by atoms with E-state index in [1.54, 1.807) is 0 Å². The summed E-state index contributed by atoms with van der Waals surface area (Å²) in [6, 6.07) is 8.66. The van der Waals surface area contributed by atoms with Crippen LogP contribution in [0.3, 0.4) is 0 Å². The highest BCUT2D eigenvalue weighted by Crippen LogP contribution is 2.21. The number of sulfone groups is 1. The van der Waals surface area contributed by atoms with Crippen LogP contribution in [0.5, 0.6) is 11.6 Å². The van der Waals surface area contributed by atoms with Gasteiger partial charge in [-0.1, -0.05) is 0 Å². The van der Waals surface area contributed by atoms with Crippen molar-refractivity contribution in [1.82, 2.24) is 4.98 Å². The predicted molar refractivity (Wildman–Crippen MR) is 70.8 cm³/mol. The number of carboxylic acid groups (broad SMARTS) is 1. The Hall–Kier alpha value is -2.41. The van der Waals surface area contributed by atoms with E-state index in [1.165, 1.54) is 42.6 Å². The molecule has 0 aliphatic heterocycles. The van der Waals surface area contributed by atoms with Crippen LogP contribution in [0, 0.1) is 0 Å². The second-order valence-electron chi connectivity index (χ2n) is 4.04. The number of carboxylic acids is 1. The largest absolute Gasteiger partial charge is 0.478 e. The topological polar surface area (TPSA) is 93.6 Å². The first-order chi connectivity index (χ1) is 9.36. The molecule has 6 nitrogen and oxygen atoms in total. The van der Waals surface area contributed by atoms with Crippen LogP contribution in [-0.4, -0.2) is 30.7 Å². The van der Waals surface area contributed by atoms with Gasteiger partial charge in [-0.15, -0.1) is 0 Å². The molecule has 1 heterocycles. The van der Waals surface area contributed by atoms with E-state index in [2.05, 4.69) is 4.98 Å². The molecule has 1 aromatic heterocycles. The van der Waals surface area contributed by atoms with Gasteiger partial charge in [0.05, 0.1) is 10.5 Å². The molecule has 2 aromatic rings. The van der Waals surface area contributed by atoms with Gasteiger partial charge in [-0.2, -0.15) is 0 Å². The lowest BCUT2D eigenvalue weighted by molar-refractivity contribution is 0.0696. The van der Waals surface area contributed by atoms with Crippen LogP contribution in [0.4, 0.5) is 0 Å². The molecule has 1 aromatic carbocycles. The second-order valence-corrected chi connectivity index (χ2v) is 6.05. The van der Waals surface area contributed by atoms with Gasteiger partial charge >= 0.3 is 5.97 Å². The first kappa shape index (κ1) is 14.0. The minimum absolute atomic E-state index is 0.0600. The summed E-state index contributed by atoms with van der Waals surface area (Å²) in [6.07, 6.45) is 2.30. The van der Waals surface area contributed by atoms with E-state index >= 15 is 0 Å². The van der Waals surface area contributed by atoms with Gasteiger partial charge in [-0.3, -0.25) is 0 Å². The Labute approximate surface area is 115 Å². The number of aromatic carboxylic acids is 1. The van der Waals surface area contributed by atoms with Crippen LogP contribution < -0.4 is 4.74 Å². The van der Waals surface area contributed by atoms with Crippen molar-refractivity contribution < 1.29 is 23.1 Å². The summed E-state index contributed by atoms with van der Waals surface area (Å²) in [6.45, 7) is 0. The quantitative estimate of drug-likeness (QED) is 0.926. The highest BCUT2D eigenvalue weighted by Gasteiger charge is 2.08. The van der Waals surface area contributed by atoms with Gasteiger partial charge in [-0.25, -0.2) is 18.2 Å². The molecule has 1 N–H and O–H groups in total. The van der Waals surface area contributed by atoms with Crippen molar-refractivity contribution in [3.63, 3.8) is 0 Å². The van der Waals surface area contributed by atoms with E-state index in [-0.39, 0.29) is 16.3 Å². The Morgan fingerprint density at radius 3 is 2.25 bits per heavy atom. The molecular formula is C13H11NO5S. The average Bonchev–Trinajstić information content (AvgIpc) is 2.39. The summed E-state index contributed by atoms with van der Waals surface area (Å²) in [4.78, 5) is 14.7. The maximum absolute atomic E-state index is 11.3. The van der Waals surface area contributed by atoms with Crippen molar-refractivity contribution in [3.8, 4) is 11.6 Å². The standard InChI is InChI=1S/C13H11NO5S/c1-20(17,18)11-5-3-10(4-6-11)19-12-7-2-9(8-14-12)13(15)16/h2-8H,1H3,(H,15,16). The van der Waals surface area contributed by atoms with Crippen LogP contribution >= 0.6 is 0 Å². The SMILES string of the molecule is CS(=O)(=O)c1ccc(Oc2ccc(C(=O)O)cn2)cc1. The summed E-state index contributed by atoms with van der Waals surface area (Å²) in [5, 5.41) is 8.73. The summed E-state index contributed by atoms with van der Waals surface area (Å²) in [7, 11) is -3.24. The summed E-state index contributed by atoms with van der Waals surface area (Å²) < 4.78 is 28.0.